The second kappa shape index (κ2) is 2.92. The van der Waals surface area contributed by atoms with Gasteiger partial charge in [-0.1, -0.05) is 13.8 Å². The molecule has 2 rings (SSSR count). The Kier molecular flexibility index (Phi) is 1.92. The Bertz CT molecular complexity index is 429. The van der Waals surface area contributed by atoms with Crippen molar-refractivity contribution < 1.29 is 9.90 Å². The molecule has 1 aliphatic rings. The maximum atomic E-state index is 10.7. The molecule has 0 spiro atoms. The van der Waals surface area contributed by atoms with Crippen LogP contribution in [0.2, 0.25) is 0 Å². The van der Waals surface area contributed by atoms with Crippen molar-refractivity contribution in [3.63, 3.8) is 0 Å². The lowest BCUT2D eigenvalue weighted by molar-refractivity contribution is 0.0697. The van der Waals surface area contributed by atoms with Crippen molar-refractivity contribution in [1.82, 2.24) is 9.97 Å². The van der Waals surface area contributed by atoms with E-state index in [9.17, 15) is 4.79 Å². The summed E-state index contributed by atoms with van der Waals surface area (Å²) >= 11 is 0. The summed E-state index contributed by atoms with van der Waals surface area (Å²) in [4.78, 5) is 18.8. The quantitative estimate of drug-likeness (QED) is 0.762. The van der Waals surface area contributed by atoms with E-state index >= 15 is 0 Å². The van der Waals surface area contributed by atoms with E-state index in [1.807, 2.05) is 0 Å². The molecule has 0 aliphatic heterocycles. The number of nitrogen functional groups attached to an aromatic ring is 1. The van der Waals surface area contributed by atoms with Gasteiger partial charge < -0.3 is 10.8 Å². The monoisotopic (exact) mass is 207 g/mol. The summed E-state index contributed by atoms with van der Waals surface area (Å²) in [5, 5.41) is 8.75. The van der Waals surface area contributed by atoms with Crippen LogP contribution in [0.4, 0.5) is 5.82 Å². The summed E-state index contributed by atoms with van der Waals surface area (Å²) in [5.41, 5.74) is 5.73. The van der Waals surface area contributed by atoms with Crippen LogP contribution in [-0.4, -0.2) is 21.0 Å². The smallest absolute Gasteiger partial charge is 0.341 e. The minimum atomic E-state index is -1.09. The van der Waals surface area contributed by atoms with Crippen molar-refractivity contribution in [2.45, 2.75) is 26.2 Å². The average molecular weight is 207 g/mol. The molecule has 1 aromatic rings. The first-order chi connectivity index (χ1) is 6.92. The lowest BCUT2D eigenvalue weighted by Crippen LogP contribution is -2.08. The van der Waals surface area contributed by atoms with Gasteiger partial charge in [-0.25, -0.2) is 14.8 Å². The van der Waals surface area contributed by atoms with Crippen molar-refractivity contribution in [2.24, 2.45) is 5.41 Å². The second-order valence-electron chi connectivity index (χ2n) is 4.58. The van der Waals surface area contributed by atoms with E-state index in [2.05, 4.69) is 23.8 Å². The lowest BCUT2D eigenvalue weighted by atomic mass is 10.1. The van der Waals surface area contributed by atoms with Crippen molar-refractivity contribution in [2.75, 3.05) is 5.73 Å². The molecule has 80 valence electrons. The number of carboxylic acids is 1. The van der Waals surface area contributed by atoms with Crippen molar-refractivity contribution in [3.05, 3.63) is 17.6 Å². The fourth-order valence-corrected chi connectivity index (χ4v) is 1.65. The molecule has 1 fully saturated rings. The van der Waals surface area contributed by atoms with Crippen LogP contribution in [0.5, 0.6) is 0 Å². The summed E-state index contributed by atoms with van der Waals surface area (Å²) < 4.78 is 0. The highest BCUT2D eigenvalue weighted by Gasteiger charge is 2.48. The third-order valence-electron chi connectivity index (χ3n) is 2.89. The molecule has 0 bridgehead atoms. The fourth-order valence-electron chi connectivity index (χ4n) is 1.65. The maximum Gasteiger partial charge on any atom is 0.341 e. The van der Waals surface area contributed by atoms with Crippen molar-refractivity contribution in [1.29, 1.82) is 0 Å². The number of rotatable bonds is 2. The highest BCUT2D eigenvalue weighted by molar-refractivity contribution is 5.92. The number of nitrogens with two attached hydrogens (primary N) is 1. The number of hydrogen-bond acceptors (Lipinski definition) is 4. The van der Waals surface area contributed by atoms with Crippen LogP contribution in [-0.2, 0) is 0 Å². The van der Waals surface area contributed by atoms with E-state index < -0.39 is 5.97 Å². The summed E-state index contributed by atoms with van der Waals surface area (Å²) in [5.74, 6) is -0.0746. The number of nitrogens with zero attached hydrogens (tertiary/aromatic N) is 2. The molecule has 0 saturated heterocycles. The van der Waals surface area contributed by atoms with Gasteiger partial charge in [0.2, 0.25) is 0 Å². The zero-order valence-corrected chi connectivity index (χ0v) is 8.69. The minimum Gasteiger partial charge on any atom is -0.477 e. The summed E-state index contributed by atoms with van der Waals surface area (Å²) in [7, 11) is 0. The molecule has 1 aliphatic carbocycles. The Morgan fingerprint density at radius 1 is 1.67 bits per heavy atom. The molecule has 5 heteroatoms. The van der Waals surface area contributed by atoms with Crippen LogP contribution in [0.25, 0.3) is 0 Å². The van der Waals surface area contributed by atoms with E-state index in [0.29, 0.717) is 11.7 Å². The number of hydrogen-bond donors (Lipinski definition) is 2. The number of carbonyl (C=O) groups is 1. The van der Waals surface area contributed by atoms with E-state index in [4.69, 9.17) is 10.8 Å². The van der Waals surface area contributed by atoms with Crippen LogP contribution in [0.3, 0.4) is 0 Å². The Morgan fingerprint density at radius 3 is 2.67 bits per heavy atom. The topological polar surface area (TPSA) is 89.1 Å². The van der Waals surface area contributed by atoms with Gasteiger partial charge in [-0.3, -0.25) is 0 Å². The molecule has 1 unspecified atom stereocenters. The van der Waals surface area contributed by atoms with Crippen molar-refractivity contribution >= 4 is 11.8 Å². The number of aromatic carboxylic acids is 1. The van der Waals surface area contributed by atoms with Crippen LogP contribution in [0, 0.1) is 5.41 Å². The molecule has 5 nitrogen and oxygen atoms in total. The zero-order valence-electron chi connectivity index (χ0n) is 8.69. The largest absolute Gasteiger partial charge is 0.477 e. The molecular formula is C10H13N3O2. The fraction of sp³-hybridized carbons (Fsp3) is 0.500. The van der Waals surface area contributed by atoms with Crippen LogP contribution < -0.4 is 5.73 Å². The van der Waals surface area contributed by atoms with E-state index in [-0.39, 0.29) is 16.8 Å². The van der Waals surface area contributed by atoms with Gasteiger partial charge in [0.05, 0.1) is 0 Å². The third kappa shape index (κ3) is 1.65. The highest BCUT2D eigenvalue weighted by atomic mass is 16.4. The molecule has 1 aromatic heterocycles. The average Bonchev–Trinajstić information content (AvgIpc) is 2.74. The molecule has 3 N–H and O–H groups in total. The first-order valence-electron chi connectivity index (χ1n) is 4.77. The summed E-state index contributed by atoms with van der Waals surface area (Å²) in [6, 6.07) is 0. The van der Waals surface area contributed by atoms with Gasteiger partial charge in [0, 0.05) is 12.1 Å². The van der Waals surface area contributed by atoms with Gasteiger partial charge in [-0.05, 0) is 11.8 Å². The maximum absolute atomic E-state index is 10.7. The molecule has 15 heavy (non-hydrogen) atoms. The Hall–Kier alpha value is -1.65. The molecule has 1 heterocycles. The lowest BCUT2D eigenvalue weighted by Gasteiger charge is -2.04. The van der Waals surface area contributed by atoms with Crippen LogP contribution in [0.1, 0.15) is 42.4 Å². The summed E-state index contributed by atoms with van der Waals surface area (Å²) in [6.45, 7) is 4.25. The predicted molar refractivity (Wildman–Crippen MR) is 54.5 cm³/mol. The van der Waals surface area contributed by atoms with Gasteiger partial charge in [0.25, 0.3) is 0 Å². The molecule has 1 saturated carbocycles. The molecule has 1 atom stereocenters. The van der Waals surface area contributed by atoms with Crippen molar-refractivity contribution in [3.8, 4) is 0 Å². The Labute approximate surface area is 87.4 Å². The van der Waals surface area contributed by atoms with Gasteiger partial charge in [-0.2, -0.15) is 0 Å². The zero-order chi connectivity index (χ0) is 11.2. The van der Waals surface area contributed by atoms with Crippen LogP contribution >= 0.6 is 0 Å². The molecule has 0 amide bonds. The van der Waals surface area contributed by atoms with Gasteiger partial charge in [-0.15, -0.1) is 0 Å². The third-order valence-corrected chi connectivity index (χ3v) is 2.89. The first kappa shape index (κ1) is 9.89. The molecule has 0 radical (unpaired) electrons. The normalized spacial score (nSPS) is 22.4. The molecular weight excluding hydrogens is 194 g/mol. The number of aromatic nitrogens is 2. The van der Waals surface area contributed by atoms with E-state index in [0.717, 1.165) is 6.42 Å². The highest BCUT2D eigenvalue weighted by Crippen LogP contribution is 2.57. The van der Waals surface area contributed by atoms with E-state index in [1.165, 1.54) is 6.20 Å². The predicted octanol–water partition coefficient (Wildman–Crippen LogP) is 1.27. The second-order valence-corrected chi connectivity index (χ2v) is 4.58. The van der Waals surface area contributed by atoms with Crippen LogP contribution in [0.15, 0.2) is 6.20 Å². The SMILES string of the molecule is CC1(C)CC1c1ncc(C(=O)O)c(N)n1. The Balaban J connectivity index is 2.31. The van der Waals surface area contributed by atoms with E-state index in [1.54, 1.807) is 0 Å². The van der Waals surface area contributed by atoms with Gasteiger partial charge in [0.1, 0.15) is 17.2 Å². The van der Waals surface area contributed by atoms with Gasteiger partial charge >= 0.3 is 5.97 Å². The first-order valence-corrected chi connectivity index (χ1v) is 4.77. The number of carboxylic acid groups (broad SMARTS) is 1. The summed E-state index contributed by atoms with van der Waals surface area (Å²) in [6.07, 6.45) is 2.31. The molecule has 0 aromatic carbocycles. The standard InChI is InChI=1S/C10H13N3O2/c1-10(2)3-6(10)8-12-4-5(9(14)15)7(11)13-8/h4,6H,3H2,1-2H3,(H,14,15)(H2,11,12,13). The minimum absolute atomic E-state index is 0.0304. The Morgan fingerprint density at radius 2 is 2.27 bits per heavy atom. The number of anilines is 1. The van der Waals surface area contributed by atoms with Gasteiger partial charge in [0.15, 0.2) is 0 Å².